The van der Waals surface area contributed by atoms with Gasteiger partial charge in [0.2, 0.25) is 5.78 Å². The van der Waals surface area contributed by atoms with Crippen LogP contribution in [0.25, 0.3) is 0 Å². The van der Waals surface area contributed by atoms with Gasteiger partial charge in [-0.3, -0.25) is 4.79 Å². The number of ether oxygens (including phenoxy) is 2. The average molecular weight is 380 g/mol. The van der Waals surface area contributed by atoms with Crippen molar-refractivity contribution in [1.29, 1.82) is 0 Å². The van der Waals surface area contributed by atoms with E-state index in [0.717, 1.165) is 0 Å². The lowest BCUT2D eigenvalue weighted by Gasteiger charge is -2.14. The fraction of sp³-hybridized carbons (Fsp3) is 0.133. The van der Waals surface area contributed by atoms with Crippen LogP contribution >= 0.6 is 46.4 Å². The van der Waals surface area contributed by atoms with Gasteiger partial charge >= 0.3 is 0 Å². The highest BCUT2D eigenvalue weighted by Crippen LogP contribution is 2.40. The summed E-state index contributed by atoms with van der Waals surface area (Å²) in [6.45, 7) is 0. The van der Waals surface area contributed by atoms with E-state index in [1.54, 1.807) is 18.2 Å². The minimum atomic E-state index is -0.492. The van der Waals surface area contributed by atoms with Crippen LogP contribution in [0.15, 0.2) is 24.3 Å². The molecule has 0 amide bonds. The molecule has 0 saturated carbocycles. The fourth-order valence-corrected chi connectivity index (χ4v) is 2.95. The van der Waals surface area contributed by atoms with Gasteiger partial charge in [-0.25, -0.2) is 0 Å². The number of methoxy groups -OCH3 is 2. The van der Waals surface area contributed by atoms with E-state index in [4.69, 9.17) is 55.9 Å². The molecular formula is C15H10Cl4O3. The molecule has 7 heteroatoms. The molecule has 0 heterocycles. The second kappa shape index (κ2) is 6.97. The van der Waals surface area contributed by atoms with E-state index in [0.29, 0.717) is 11.5 Å². The molecule has 0 bridgehead atoms. The Morgan fingerprint density at radius 3 is 1.73 bits per heavy atom. The molecule has 2 aromatic rings. The van der Waals surface area contributed by atoms with Crippen molar-refractivity contribution in [3.63, 3.8) is 0 Å². The number of carbonyl (C=O) groups is 1. The van der Waals surface area contributed by atoms with Crippen molar-refractivity contribution >= 4 is 52.2 Å². The summed E-state index contributed by atoms with van der Waals surface area (Å²) in [7, 11) is 2.89. The van der Waals surface area contributed by atoms with E-state index in [1.165, 1.54) is 20.3 Å². The number of carbonyl (C=O) groups excluding carboxylic acids is 1. The van der Waals surface area contributed by atoms with Gasteiger partial charge in [0.1, 0.15) is 17.1 Å². The Hall–Kier alpha value is -1.13. The normalized spacial score (nSPS) is 10.5. The topological polar surface area (TPSA) is 35.5 Å². The Morgan fingerprint density at radius 1 is 0.864 bits per heavy atom. The van der Waals surface area contributed by atoms with E-state index in [2.05, 4.69) is 0 Å². The first kappa shape index (κ1) is 17.2. The average Bonchev–Trinajstić information content (AvgIpc) is 2.52. The molecule has 0 aromatic heterocycles. The van der Waals surface area contributed by atoms with Gasteiger partial charge in [0.05, 0.1) is 39.9 Å². The first-order chi connectivity index (χ1) is 10.4. The van der Waals surface area contributed by atoms with Crippen LogP contribution in [0.5, 0.6) is 11.5 Å². The van der Waals surface area contributed by atoms with Gasteiger partial charge in [0.25, 0.3) is 0 Å². The van der Waals surface area contributed by atoms with E-state index in [9.17, 15) is 4.79 Å². The maximum absolute atomic E-state index is 12.9. The molecule has 3 nitrogen and oxygen atoms in total. The zero-order valence-corrected chi connectivity index (χ0v) is 14.6. The SMILES string of the molecule is COc1cccc(OC)c1C(=O)c1c(Cl)c(Cl)cc(Cl)c1Cl. The quantitative estimate of drug-likeness (QED) is 0.516. The molecular weight excluding hydrogens is 370 g/mol. The Labute approximate surface area is 147 Å². The van der Waals surface area contributed by atoms with Gasteiger partial charge < -0.3 is 9.47 Å². The Bertz CT molecular complexity index is 696. The highest BCUT2D eigenvalue weighted by atomic mass is 35.5. The highest BCUT2D eigenvalue weighted by molar-refractivity contribution is 6.50. The van der Waals surface area contributed by atoms with Gasteiger partial charge in [0.15, 0.2) is 0 Å². The van der Waals surface area contributed by atoms with Crippen LogP contribution in [0.3, 0.4) is 0 Å². The largest absolute Gasteiger partial charge is 0.496 e. The molecule has 0 aliphatic rings. The zero-order chi connectivity index (χ0) is 16.4. The van der Waals surface area contributed by atoms with Crippen LogP contribution in [0.2, 0.25) is 20.1 Å². The molecule has 0 aliphatic carbocycles. The van der Waals surface area contributed by atoms with Crippen molar-refractivity contribution in [3.05, 3.63) is 55.5 Å². The van der Waals surface area contributed by atoms with Crippen molar-refractivity contribution in [1.82, 2.24) is 0 Å². The Morgan fingerprint density at radius 2 is 1.32 bits per heavy atom. The van der Waals surface area contributed by atoms with Crippen LogP contribution in [0, 0.1) is 0 Å². The molecule has 2 rings (SSSR count). The minimum Gasteiger partial charge on any atom is -0.496 e. The van der Waals surface area contributed by atoms with E-state index < -0.39 is 5.78 Å². The number of hydrogen-bond donors (Lipinski definition) is 0. The predicted molar refractivity (Wildman–Crippen MR) is 89.5 cm³/mol. The summed E-state index contributed by atoms with van der Waals surface area (Å²) < 4.78 is 10.4. The second-order valence-electron chi connectivity index (χ2n) is 4.21. The van der Waals surface area contributed by atoms with Crippen LogP contribution in [-0.2, 0) is 0 Å². The molecule has 0 spiro atoms. The number of halogens is 4. The van der Waals surface area contributed by atoms with Gasteiger partial charge in [0, 0.05) is 0 Å². The van der Waals surface area contributed by atoms with Crippen molar-refractivity contribution in [2.75, 3.05) is 14.2 Å². The van der Waals surface area contributed by atoms with Crippen molar-refractivity contribution in [3.8, 4) is 11.5 Å². The number of benzene rings is 2. The number of hydrogen-bond acceptors (Lipinski definition) is 3. The van der Waals surface area contributed by atoms with E-state index in [-0.39, 0.29) is 31.2 Å². The third-order valence-electron chi connectivity index (χ3n) is 2.99. The predicted octanol–water partition coefficient (Wildman–Crippen LogP) is 5.55. The monoisotopic (exact) mass is 378 g/mol. The lowest BCUT2D eigenvalue weighted by Crippen LogP contribution is -2.08. The lowest BCUT2D eigenvalue weighted by atomic mass is 10.0. The van der Waals surface area contributed by atoms with Gasteiger partial charge in [-0.15, -0.1) is 0 Å². The van der Waals surface area contributed by atoms with Crippen LogP contribution in [0.1, 0.15) is 15.9 Å². The summed E-state index contributed by atoms with van der Waals surface area (Å²) >= 11 is 24.2. The smallest absolute Gasteiger partial charge is 0.203 e. The molecule has 0 unspecified atom stereocenters. The second-order valence-corrected chi connectivity index (χ2v) is 5.78. The summed E-state index contributed by atoms with van der Waals surface area (Å²) in [4.78, 5) is 12.9. The maximum atomic E-state index is 12.9. The van der Waals surface area contributed by atoms with Crippen molar-refractivity contribution < 1.29 is 14.3 Å². The molecule has 0 fully saturated rings. The van der Waals surface area contributed by atoms with Crippen LogP contribution in [-0.4, -0.2) is 20.0 Å². The van der Waals surface area contributed by atoms with Gasteiger partial charge in [-0.05, 0) is 18.2 Å². The van der Waals surface area contributed by atoms with Crippen LogP contribution in [0.4, 0.5) is 0 Å². The lowest BCUT2D eigenvalue weighted by molar-refractivity contribution is 0.103. The minimum absolute atomic E-state index is 0.00336. The maximum Gasteiger partial charge on any atom is 0.203 e. The highest BCUT2D eigenvalue weighted by Gasteiger charge is 2.26. The standard InChI is InChI=1S/C15H10Cl4O3/c1-21-9-4-3-5-10(22-2)11(9)15(20)12-13(18)7(16)6-8(17)14(12)19/h3-6H,1-2H3. The summed E-state index contributed by atoms with van der Waals surface area (Å²) in [5, 5.41) is 0.310. The van der Waals surface area contributed by atoms with Gasteiger partial charge in [-0.2, -0.15) is 0 Å². The molecule has 116 valence electrons. The fourth-order valence-electron chi connectivity index (χ4n) is 1.97. The number of ketones is 1. The number of rotatable bonds is 4. The van der Waals surface area contributed by atoms with E-state index in [1.807, 2.05) is 0 Å². The van der Waals surface area contributed by atoms with Crippen LogP contribution < -0.4 is 9.47 Å². The third-order valence-corrected chi connectivity index (χ3v) is 4.57. The summed E-state index contributed by atoms with van der Waals surface area (Å²) in [6.07, 6.45) is 0. The zero-order valence-electron chi connectivity index (χ0n) is 11.5. The summed E-state index contributed by atoms with van der Waals surface area (Å²) in [6, 6.07) is 6.33. The molecule has 0 N–H and O–H groups in total. The Kier molecular flexibility index (Phi) is 5.45. The molecule has 0 saturated heterocycles. The summed E-state index contributed by atoms with van der Waals surface area (Å²) in [5.41, 5.74) is 0.193. The molecule has 22 heavy (non-hydrogen) atoms. The third kappa shape index (κ3) is 2.99. The van der Waals surface area contributed by atoms with E-state index >= 15 is 0 Å². The summed E-state index contributed by atoms with van der Waals surface area (Å²) in [5.74, 6) is 0.161. The molecule has 2 aromatic carbocycles. The Balaban J connectivity index is 2.74. The van der Waals surface area contributed by atoms with Gasteiger partial charge in [-0.1, -0.05) is 52.5 Å². The molecule has 0 aliphatic heterocycles. The molecule has 0 radical (unpaired) electrons. The first-order valence-corrected chi connectivity index (χ1v) is 7.52. The first-order valence-electron chi connectivity index (χ1n) is 6.01. The molecule has 0 atom stereocenters. The van der Waals surface area contributed by atoms with Crippen molar-refractivity contribution in [2.24, 2.45) is 0 Å². The van der Waals surface area contributed by atoms with Crippen molar-refractivity contribution in [2.45, 2.75) is 0 Å².